The summed E-state index contributed by atoms with van der Waals surface area (Å²) in [6.45, 7) is 8.48. The first kappa shape index (κ1) is 17.0. The van der Waals surface area contributed by atoms with Crippen LogP contribution in [0, 0.1) is 0 Å². The average Bonchev–Trinajstić information content (AvgIpc) is 3.05. The van der Waals surface area contributed by atoms with Crippen LogP contribution in [0.2, 0.25) is 0 Å². The lowest BCUT2D eigenvalue weighted by Crippen LogP contribution is -2.17. The standard InChI is InChI=1S/C22H25N3O/c1-14(2)25-22-19-12-8-7-11-18(19)20(26-15(3)4)13-16-9-5-6-10-17(16)21(22)23-24-25/h5-12,14-15,20H,13H2,1-4H3. The molecule has 4 rings (SSSR count). The van der Waals surface area contributed by atoms with E-state index in [0.717, 1.165) is 23.4 Å². The molecule has 0 saturated heterocycles. The molecule has 0 radical (unpaired) electrons. The van der Waals surface area contributed by atoms with E-state index in [-0.39, 0.29) is 18.2 Å². The van der Waals surface area contributed by atoms with Crippen molar-refractivity contribution in [2.24, 2.45) is 0 Å². The minimum Gasteiger partial charge on any atom is -0.371 e. The summed E-state index contributed by atoms with van der Waals surface area (Å²) in [6.07, 6.45) is 1.00. The largest absolute Gasteiger partial charge is 0.371 e. The number of hydrogen-bond donors (Lipinski definition) is 0. The SMILES string of the molecule is CC(C)OC1Cc2ccccc2-c2nnn(C(C)C)c2-c2ccccc21. The van der Waals surface area contributed by atoms with E-state index in [1.54, 1.807) is 0 Å². The molecule has 1 atom stereocenters. The van der Waals surface area contributed by atoms with Crippen LogP contribution in [0.1, 0.15) is 51.0 Å². The van der Waals surface area contributed by atoms with E-state index in [1.807, 2.05) is 4.68 Å². The summed E-state index contributed by atoms with van der Waals surface area (Å²) in [5, 5.41) is 9.07. The maximum absolute atomic E-state index is 6.35. The summed E-state index contributed by atoms with van der Waals surface area (Å²) in [6, 6.07) is 17.2. The molecule has 4 heteroatoms. The van der Waals surface area contributed by atoms with Gasteiger partial charge in [0.2, 0.25) is 0 Å². The molecule has 1 unspecified atom stereocenters. The molecule has 3 aromatic rings. The van der Waals surface area contributed by atoms with Gasteiger partial charge in [0.1, 0.15) is 5.69 Å². The lowest BCUT2D eigenvalue weighted by molar-refractivity contribution is 0.00715. The number of ether oxygens (including phenoxy) is 1. The van der Waals surface area contributed by atoms with Crippen molar-refractivity contribution >= 4 is 0 Å². The molecule has 0 saturated carbocycles. The molecule has 1 aliphatic rings. The van der Waals surface area contributed by atoms with E-state index in [2.05, 4.69) is 86.5 Å². The van der Waals surface area contributed by atoms with Gasteiger partial charge in [-0.1, -0.05) is 53.7 Å². The number of nitrogens with zero attached hydrogens (tertiary/aromatic N) is 3. The van der Waals surface area contributed by atoms with Crippen molar-refractivity contribution < 1.29 is 4.74 Å². The Labute approximate surface area is 154 Å². The van der Waals surface area contributed by atoms with Gasteiger partial charge in [0.25, 0.3) is 0 Å². The quantitative estimate of drug-likeness (QED) is 0.652. The van der Waals surface area contributed by atoms with Crippen molar-refractivity contribution in [3.05, 3.63) is 59.7 Å². The van der Waals surface area contributed by atoms with Gasteiger partial charge in [0.05, 0.1) is 17.9 Å². The third-order valence-electron chi connectivity index (χ3n) is 4.86. The summed E-state index contributed by atoms with van der Waals surface area (Å²) < 4.78 is 8.38. The van der Waals surface area contributed by atoms with Gasteiger partial charge in [0, 0.05) is 23.6 Å². The molecule has 2 aromatic carbocycles. The molecule has 0 N–H and O–H groups in total. The zero-order valence-electron chi connectivity index (χ0n) is 15.8. The predicted octanol–water partition coefficient (Wildman–Crippen LogP) is 5.22. The maximum atomic E-state index is 6.35. The van der Waals surface area contributed by atoms with Crippen LogP contribution in [0.25, 0.3) is 22.5 Å². The Morgan fingerprint density at radius 3 is 2.38 bits per heavy atom. The maximum Gasteiger partial charge on any atom is 0.121 e. The van der Waals surface area contributed by atoms with Crippen molar-refractivity contribution in [2.75, 3.05) is 0 Å². The highest BCUT2D eigenvalue weighted by Crippen LogP contribution is 2.42. The Hall–Kier alpha value is -2.46. The minimum atomic E-state index is 0.0102. The lowest BCUT2D eigenvalue weighted by atomic mass is 9.87. The second-order valence-electron chi connectivity index (χ2n) is 7.45. The summed E-state index contributed by atoms with van der Waals surface area (Å²) >= 11 is 0. The molecular weight excluding hydrogens is 322 g/mol. The molecule has 26 heavy (non-hydrogen) atoms. The molecule has 1 aliphatic carbocycles. The molecule has 0 bridgehead atoms. The van der Waals surface area contributed by atoms with Gasteiger partial charge < -0.3 is 4.74 Å². The highest BCUT2D eigenvalue weighted by molar-refractivity contribution is 5.82. The summed E-state index contributed by atoms with van der Waals surface area (Å²) in [5.74, 6) is 0. The predicted molar refractivity (Wildman–Crippen MR) is 104 cm³/mol. The van der Waals surface area contributed by atoms with Gasteiger partial charge in [-0.2, -0.15) is 0 Å². The second kappa shape index (κ2) is 6.69. The summed E-state index contributed by atoms with van der Waals surface area (Å²) in [4.78, 5) is 0. The molecular formula is C22H25N3O. The van der Waals surface area contributed by atoms with Gasteiger partial charge in [-0.25, -0.2) is 4.68 Å². The fraction of sp³-hybridized carbons (Fsp3) is 0.364. The van der Waals surface area contributed by atoms with E-state index >= 15 is 0 Å². The third-order valence-corrected chi connectivity index (χ3v) is 4.86. The van der Waals surface area contributed by atoms with Crippen molar-refractivity contribution in [3.8, 4) is 22.5 Å². The molecule has 0 fully saturated rings. The Bertz CT molecular complexity index is 927. The van der Waals surface area contributed by atoms with E-state index in [4.69, 9.17) is 4.74 Å². The van der Waals surface area contributed by atoms with Crippen molar-refractivity contribution in [1.29, 1.82) is 0 Å². The Morgan fingerprint density at radius 2 is 1.65 bits per heavy atom. The van der Waals surface area contributed by atoms with Crippen LogP contribution in [0.4, 0.5) is 0 Å². The minimum absolute atomic E-state index is 0.0102. The molecule has 0 spiro atoms. The molecule has 1 heterocycles. The van der Waals surface area contributed by atoms with Crippen LogP contribution < -0.4 is 0 Å². The van der Waals surface area contributed by atoms with Crippen LogP contribution in [0.15, 0.2) is 48.5 Å². The monoisotopic (exact) mass is 347 g/mol. The smallest absolute Gasteiger partial charge is 0.121 e. The summed E-state index contributed by atoms with van der Waals surface area (Å²) in [7, 11) is 0. The van der Waals surface area contributed by atoms with Crippen molar-refractivity contribution in [3.63, 3.8) is 0 Å². The Kier molecular flexibility index (Phi) is 4.37. The van der Waals surface area contributed by atoms with Gasteiger partial charge in [-0.3, -0.25) is 0 Å². The van der Waals surface area contributed by atoms with Crippen molar-refractivity contribution in [2.45, 2.75) is 52.4 Å². The van der Waals surface area contributed by atoms with E-state index in [1.165, 1.54) is 16.7 Å². The van der Waals surface area contributed by atoms with Crippen LogP contribution in [-0.4, -0.2) is 21.1 Å². The molecule has 4 nitrogen and oxygen atoms in total. The molecule has 134 valence electrons. The van der Waals surface area contributed by atoms with Gasteiger partial charge in [-0.05, 0) is 38.8 Å². The number of rotatable bonds is 3. The first-order chi connectivity index (χ1) is 12.6. The molecule has 0 aliphatic heterocycles. The van der Waals surface area contributed by atoms with E-state index in [0.29, 0.717) is 0 Å². The number of hydrogen-bond acceptors (Lipinski definition) is 3. The number of fused-ring (bicyclic) bond motifs is 5. The highest BCUT2D eigenvalue weighted by atomic mass is 16.5. The first-order valence-corrected chi connectivity index (χ1v) is 9.34. The van der Waals surface area contributed by atoms with Gasteiger partial charge >= 0.3 is 0 Å². The molecule has 1 aromatic heterocycles. The van der Waals surface area contributed by atoms with Gasteiger partial charge in [0.15, 0.2) is 0 Å². The zero-order valence-corrected chi connectivity index (χ0v) is 15.8. The van der Waals surface area contributed by atoms with Gasteiger partial charge in [-0.15, -0.1) is 5.10 Å². The van der Waals surface area contributed by atoms with Crippen LogP contribution >= 0.6 is 0 Å². The van der Waals surface area contributed by atoms with Crippen LogP contribution in [0.5, 0.6) is 0 Å². The topological polar surface area (TPSA) is 39.9 Å². The Balaban J connectivity index is 2.04. The number of benzene rings is 2. The average molecular weight is 347 g/mol. The first-order valence-electron chi connectivity index (χ1n) is 9.34. The fourth-order valence-electron chi connectivity index (χ4n) is 3.77. The summed E-state index contributed by atoms with van der Waals surface area (Å²) in [5.41, 5.74) is 6.83. The van der Waals surface area contributed by atoms with E-state index < -0.39 is 0 Å². The van der Waals surface area contributed by atoms with Crippen LogP contribution in [0.3, 0.4) is 0 Å². The zero-order chi connectivity index (χ0) is 18.3. The fourth-order valence-corrected chi connectivity index (χ4v) is 3.77. The number of aromatic nitrogens is 3. The van der Waals surface area contributed by atoms with E-state index in [9.17, 15) is 0 Å². The van der Waals surface area contributed by atoms with Crippen LogP contribution in [-0.2, 0) is 11.2 Å². The lowest BCUT2D eigenvalue weighted by Gasteiger charge is -2.27. The second-order valence-corrected chi connectivity index (χ2v) is 7.45. The Morgan fingerprint density at radius 1 is 0.962 bits per heavy atom. The normalized spacial score (nSPS) is 16.0. The third kappa shape index (κ3) is 2.84. The molecule has 0 amide bonds. The highest BCUT2D eigenvalue weighted by Gasteiger charge is 2.29. The van der Waals surface area contributed by atoms with Crippen molar-refractivity contribution in [1.82, 2.24) is 15.0 Å².